The highest BCUT2D eigenvalue weighted by molar-refractivity contribution is 5.92. The average Bonchev–Trinajstić information content (AvgIpc) is 2.56. The molecule has 0 radical (unpaired) electrons. The molecular formula is C17H18F2N2O2. The van der Waals surface area contributed by atoms with Crippen LogP contribution in [-0.2, 0) is 4.79 Å². The maximum atomic E-state index is 13.5. The van der Waals surface area contributed by atoms with E-state index in [4.69, 9.17) is 4.74 Å². The van der Waals surface area contributed by atoms with Gasteiger partial charge in [-0.3, -0.25) is 4.79 Å². The number of para-hydroxylation sites is 1. The SMILES string of the molecule is COc1ccccc1C(C)NCC(=O)Nc1cc(F)ccc1F. The minimum absolute atomic E-state index is 0.0465. The molecule has 2 aromatic rings. The molecule has 0 heterocycles. The third kappa shape index (κ3) is 4.50. The summed E-state index contributed by atoms with van der Waals surface area (Å²) in [6.45, 7) is 1.84. The first-order chi connectivity index (χ1) is 11.0. The van der Waals surface area contributed by atoms with Crippen molar-refractivity contribution in [2.24, 2.45) is 0 Å². The number of hydrogen-bond acceptors (Lipinski definition) is 3. The molecule has 0 saturated heterocycles. The normalized spacial score (nSPS) is 11.8. The number of nitrogens with one attached hydrogen (secondary N) is 2. The number of amides is 1. The highest BCUT2D eigenvalue weighted by atomic mass is 19.1. The molecule has 0 bridgehead atoms. The molecule has 122 valence electrons. The van der Waals surface area contributed by atoms with Crippen molar-refractivity contribution in [3.05, 3.63) is 59.7 Å². The Morgan fingerprint density at radius 1 is 1.22 bits per heavy atom. The predicted octanol–water partition coefficient (Wildman–Crippen LogP) is 3.26. The molecule has 0 fully saturated rings. The van der Waals surface area contributed by atoms with Crippen LogP contribution in [0.25, 0.3) is 0 Å². The van der Waals surface area contributed by atoms with Gasteiger partial charge in [-0.05, 0) is 25.1 Å². The van der Waals surface area contributed by atoms with E-state index in [0.717, 1.165) is 23.8 Å². The summed E-state index contributed by atoms with van der Waals surface area (Å²) < 4.78 is 31.8. The number of benzene rings is 2. The van der Waals surface area contributed by atoms with Crippen molar-refractivity contribution >= 4 is 11.6 Å². The van der Waals surface area contributed by atoms with E-state index in [1.807, 2.05) is 31.2 Å². The second-order valence-corrected chi connectivity index (χ2v) is 5.02. The molecule has 6 heteroatoms. The van der Waals surface area contributed by atoms with Crippen LogP contribution in [0.1, 0.15) is 18.5 Å². The smallest absolute Gasteiger partial charge is 0.238 e. The molecule has 0 spiro atoms. The second kappa shape index (κ2) is 7.69. The highest BCUT2D eigenvalue weighted by Crippen LogP contribution is 2.24. The molecule has 2 rings (SSSR count). The largest absolute Gasteiger partial charge is 0.496 e. The lowest BCUT2D eigenvalue weighted by Crippen LogP contribution is -2.30. The third-order valence-corrected chi connectivity index (χ3v) is 3.38. The Bertz CT molecular complexity index is 692. The Morgan fingerprint density at radius 2 is 1.96 bits per heavy atom. The third-order valence-electron chi connectivity index (χ3n) is 3.38. The summed E-state index contributed by atoms with van der Waals surface area (Å²) in [4.78, 5) is 11.9. The van der Waals surface area contributed by atoms with Crippen molar-refractivity contribution in [1.29, 1.82) is 0 Å². The number of hydrogen-bond donors (Lipinski definition) is 2. The standard InChI is InChI=1S/C17H18F2N2O2/c1-11(13-5-3-4-6-16(13)23-2)20-10-17(22)21-15-9-12(18)7-8-14(15)19/h3-9,11,20H,10H2,1-2H3,(H,21,22). The fourth-order valence-corrected chi connectivity index (χ4v) is 2.17. The van der Waals surface area contributed by atoms with Gasteiger partial charge in [-0.25, -0.2) is 8.78 Å². The first kappa shape index (κ1) is 16.9. The van der Waals surface area contributed by atoms with Gasteiger partial charge in [-0.1, -0.05) is 18.2 Å². The second-order valence-electron chi connectivity index (χ2n) is 5.02. The average molecular weight is 320 g/mol. The summed E-state index contributed by atoms with van der Waals surface area (Å²) in [5.74, 6) is -1.05. The molecule has 0 saturated carbocycles. The van der Waals surface area contributed by atoms with Gasteiger partial charge >= 0.3 is 0 Å². The van der Waals surface area contributed by atoms with Gasteiger partial charge in [0.25, 0.3) is 0 Å². The Balaban J connectivity index is 1.95. The van der Waals surface area contributed by atoms with Gasteiger partial charge in [0.2, 0.25) is 5.91 Å². The van der Waals surface area contributed by atoms with E-state index in [0.29, 0.717) is 5.75 Å². The summed E-state index contributed by atoms with van der Waals surface area (Å²) in [7, 11) is 1.57. The minimum atomic E-state index is -0.683. The Labute approximate surface area is 133 Å². The number of halogens is 2. The highest BCUT2D eigenvalue weighted by Gasteiger charge is 2.13. The van der Waals surface area contributed by atoms with Gasteiger partial charge in [0.05, 0.1) is 19.3 Å². The van der Waals surface area contributed by atoms with Crippen LogP contribution in [0, 0.1) is 11.6 Å². The van der Waals surface area contributed by atoms with Crippen LogP contribution in [0.15, 0.2) is 42.5 Å². The fourth-order valence-electron chi connectivity index (χ4n) is 2.17. The maximum absolute atomic E-state index is 13.5. The molecule has 1 unspecified atom stereocenters. The van der Waals surface area contributed by atoms with E-state index in [9.17, 15) is 13.6 Å². The van der Waals surface area contributed by atoms with E-state index in [1.165, 1.54) is 0 Å². The Hall–Kier alpha value is -2.47. The van der Waals surface area contributed by atoms with Gasteiger partial charge in [-0.15, -0.1) is 0 Å². The minimum Gasteiger partial charge on any atom is -0.496 e. The summed E-state index contributed by atoms with van der Waals surface area (Å²) in [6.07, 6.45) is 0. The van der Waals surface area contributed by atoms with Crippen LogP contribution in [0.4, 0.5) is 14.5 Å². The molecule has 0 aromatic heterocycles. The van der Waals surface area contributed by atoms with Gasteiger partial charge in [0.15, 0.2) is 0 Å². The van der Waals surface area contributed by atoms with Crippen molar-refractivity contribution in [3.63, 3.8) is 0 Å². The van der Waals surface area contributed by atoms with Crippen LogP contribution in [0.2, 0.25) is 0 Å². The van der Waals surface area contributed by atoms with Crippen LogP contribution in [-0.4, -0.2) is 19.6 Å². The van der Waals surface area contributed by atoms with E-state index in [1.54, 1.807) is 7.11 Å². The van der Waals surface area contributed by atoms with Gasteiger partial charge in [-0.2, -0.15) is 0 Å². The van der Waals surface area contributed by atoms with Crippen molar-refractivity contribution in [1.82, 2.24) is 5.32 Å². The number of carbonyl (C=O) groups is 1. The molecule has 0 aliphatic heterocycles. The van der Waals surface area contributed by atoms with Crippen LogP contribution < -0.4 is 15.4 Å². The lowest BCUT2D eigenvalue weighted by molar-refractivity contribution is -0.115. The molecule has 2 N–H and O–H groups in total. The monoisotopic (exact) mass is 320 g/mol. The van der Waals surface area contributed by atoms with Crippen molar-refractivity contribution < 1.29 is 18.3 Å². The van der Waals surface area contributed by atoms with Crippen molar-refractivity contribution in [2.75, 3.05) is 19.0 Å². The zero-order valence-electron chi connectivity index (χ0n) is 12.9. The topological polar surface area (TPSA) is 50.4 Å². The maximum Gasteiger partial charge on any atom is 0.238 e. The van der Waals surface area contributed by atoms with Crippen LogP contribution in [0.5, 0.6) is 5.75 Å². The van der Waals surface area contributed by atoms with Crippen molar-refractivity contribution in [3.8, 4) is 5.75 Å². The molecule has 2 aromatic carbocycles. The summed E-state index contributed by atoms with van der Waals surface area (Å²) >= 11 is 0. The summed E-state index contributed by atoms with van der Waals surface area (Å²) in [6, 6.07) is 10.2. The number of anilines is 1. The number of methoxy groups -OCH3 is 1. The molecular weight excluding hydrogens is 302 g/mol. The number of ether oxygens (including phenoxy) is 1. The molecule has 1 atom stereocenters. The summed E-state index contributed by atoms with van der Waals surface area (Å²) in [5.41, 5.74) is 0.724. The first-order valence-electron chi connectivity index (χ1n) is 7.12. The van der Waals surface area contributed by atoms with E-state index < -0.39 is 17.5 Å². The molecule has 1 amide bonds. The molecule has 23 heavy (non-hydrogen) atoms. The predicted molar refractivity (Wildman–Crippen MR) is 84.4 cm³/mol. The van der Waals surface area contributed by atoms with E-state index >= 15 is 0 Å². The van der Waals surface area contributed by atoms with Gasteiger partial charge in [0, 0.05) is 17.7 Å². The van der Waals surface area contributed by atoms with Crippen LogP contribution in [0.3, 0.4) is 0 Å². The molecule has 4 nitrogen and oxygen atoms in total. The van der Waals surface area contributed by atoms with E-state index in [2.05, 4.69) is 10.6 Å². The lowest BCUT2D eigenvalue weighted by atomic mass is 10.1. The van der Waals surface area contributed by atoms with Gasteiger partial charge < -0.3 is 15.4 Å². The molecule has 0 aliphatic rings. The number of carbonyl (C=O) groups excluding carboxylic acids is 1. The fraction of sp³-hybridized carbons (Fsp3) is 0.235. The first-order valence-corrected chi connectivity index (χ1v) is 7.12. The van der Waals surface area contributed by atoms with Crippen molar-refractivity contribution in [2.45, 2.75) is 13.0 Å². The van der Waals surface area contributed by atoms with E-state index in [-0.39, 0.29) is 18.3 Å². The van der Waals surface area contributed by atoms with Crippen LogP contribution >= 0.6 is 0 Å². The Kier molecular flexibility index (Phi) is 5.65. The lowest BCUT2D eigenvalue weighted by Gasteiger charge is -2.17. The summed E-state index contributed by atoms with van der Waals surface area (Å²) in [5, 5.41) is 5.36. The Morgan fingerprint density at radius 3 is 2.70 bits per heavy atom. The van der Waals surface area contributed by atoms with Gasteiger partial charge in [0.1, 0.15) is 17.4 Å². The zero-order chi connectivity index (χ0) is 16.8. The quantitative estimate of drug-likeness (QED) is 0.859. The number of rotatable bonds is 6. The molecule has 0 aliphatic carbocycles. The zero-order valence-corrected chi connectivity index (χ0v) is 12.9.